The number of carbonyl (C=O) groups is 2. The number of amides is 2. The highest BCUT2D eigenvalue weighted by molar-refractivity contribution is 7.80. The molecular weight excluding hydrogens is 476 g/mol. The van der Waals surface area contributed by atoms with E-state index in [0.29, 0.717) is 24.2 Å². The van der Waals surface area contributed by atoms with E-state index in [1.54, 1.807) is 31.3 Å². The monoisotopic (exact) mass is 496 g/mol. The maximum Gasteiger partial charge on any atom is 0.288 e. The molecule has 0 unspecified atom stereocenters. The van der Waals surface area contributed by atoms with Crippen LogP contribution in [0.4, 0.5) is 11.4 Å². The van der Waals surface area contributed by atoms with Crippen LogP contribution < -0.4 is 15.5 Å². The molecule has 0 aliphatic rings. The zero-order valence-corrected chi connectivity index (χ0v) is 19.7. The first-order valence-electron chi connectivity index (χ1n) is 10.2. The molecule has 2 amide bonds. The van der Waals surface area contributed by atoms with E-state index in [4.69, 9.17) is 23.8 Å². The zero-order valence-electron chi connectivity index (χ0n) is 18.2. The minimum Gasteiger partial charge on any atom is -0.352 e. The first-order valence-corrected chi connectivity index (χ1v) is 11.0. The average Bonchev–Trinajstić information content (AvgIpc) is 2.84. The highest BCUT2D eigenvalue weighted by atomic mass is 35.5. The Morgan fingerprint density at radius 2 is 1.71 bits per heavy atom. The third-order valence-electron chi connectivity index (χ3n) is 4.98. The minimum atomic E-state index is -0.670. The lowest BCUT2D eigenvalue weighted by molar-refractivity contribution is -0.384. The molecule has 0 aliphatic heterocycles. The SMILES string of the molecule is CN(C(=S)NC(=O)c1ccc(Cl)c([N+](=O)[O-])c1)c1ccccc1C(=O)NCCc1ccccc1. The molecule has 0 saturated carbocycles. The van der Waals surface area contributed by atoms with Crippen molar-refractivity contribution in [1.82, 2.24) is 10.6 Å². The smallest absolute Gasteiger partial charge is 0.288 e. The second-order valence-corrected chi connectivity index (χ2v) is 8.04. The highest BCUT2D eigenvalue weighted by Gasteiger charge is 2.20. The molecule has 0 heterocycles. The van der Waals surface area contributed by atoms with Gasteiger partial charge in [0.15, 0.2) is 5.11 Å². The van der Waals surface area contributed by atoms with E-state index in [9.17, 15) is 19.7 Å². The fraction of sp³-hybridized carbons (Fsp3) is 0.125. The second-order valence-electron chi connectivity index (χ2n) is 7.25. The summed E-state index contributed by atoms with van der Waals surface area (Å²) < 4.78 is 0. The molecule has 8 nitrogen and oxygen atoms in total. The number of anilines is 1. The Morgan fingerprint density at radius 1 is 1.03 bits per heavy atom. The van der Waals surface area contributed by atoms with E-state index in [1.807, 2.05) is 30.3 Å². The third kappa shape index (κ3) is 6.15. The molecule has 3 rings (SSSR count). The zero-order chi connectivity index (χ0) is 24.7. The van der Waals surface area contributed by atoms with Gasteiger partial charge in [-0.05, 0) is 48.5 Å². The molecule has 0 saturated heterocycles. The summed E-state index contributed by atoms with van der Waals surface area (Å²) in [6, 6.07) is 20.4. The molecule has 10 heteroatoms. The van der Waals surface area contributed by atoms with E-state index >= 15 is 0 Å². The second kappa shape index (κ2) is 11.4. The fourth-order valence-electron chi connectivity index (χ4n) is 3.17. The topological polar surface area (TPSA) is 105 Å². The lowest BCUT2D eigenvalue weighted by atomic mass is 10.1. The van der Waals surface area contributed by atoms with Crippen molar-refractivity contribution < 1.29 is 14.5 Å². The standard InChI is InChI=1S/C24H21ClN4O4S/c1-28(24(34)27-22(30)17-11-12-19(25)21(15-17)29(32)33)20-10-6-5-9-18(20)23(31)26-14-13-16-7-3-2-4-8-16/h2-12,15H,13-14H2,1H3,(H,26,31)(H,27,30,34). The number of thiocarbonyl (C=S) groups is 1. The van der Waals surface area contributed by atoms with Gasteiger partial charge in [0.1, 0.15) is 5.02 Å². The molecular formula is C24H21ClN4O4S. The van der Waals surface area contributed by atoms with Crippen LogP contribution in [-0.2, 0) is 6.42 Å². The summed E-state index contributed by atoms with van der Waals surface area (Å²) in [4.78, 5) is 37.3. The van der Waals surface area contributed by atoms with E-state index in [1.165, 1.54) is 17.0 Å². The van der Waals surface area contributed by atoms with E-state index in [2.05, 4.69) is 10.6 Å². The van der Waals surface area contributed by atoms with Crippen molar-refractivity contribution in [1.29, 1.82) is 0 Å². The largest absolute Gasteiger partial charge is 0.352 e. The molecule has 174 valence electrons. The predicted molar refractivity (Wildman–Crippen MR) is 135 cm³/mol. The number of nitrogens with zero attached hydrogens (tertiary/aromatic N) is 2. The van der Waals surface area contributed by atoms with Gasteiger partial charge in [-0.25, -0.2) is 0 Å². The van der Waals surface area contributed by atoms with Crippen LogP contribution in [0.1, 0.15) is 26.3 Å². The summed E-state index contributed by atoms with van der Waals surface area (Å²) in [5.41, 5.74) is 1.63. The van der Waals surface area contributed by atoms with Crippen molar-refractivity contribution in [3.8, 4) is 0 Å². The Kier molecular flexibility index (Phi) is 8.29. The number of nitro benzene ring substituents is 1. The molecule has 34 heavy (non-hydrogen) atoms. The van der Waals surface area contributed by atoms with Gasteiger partial charge >= 0.3 is 0 Å². The summed E-state index contributed by atoms with van der Waals surface area (Å²) in [6.45, 7) is 0.456. The first kappa shape index (κ1) is 24.8. The maximum atomic E-state index is 12.8. The quantitative estimate of drug-likeness (QED) is 0.286. The lowest BCUT2D eigenvalue weighted by Crippen LogP contribution is -2.41. The van der Waals surface area contributed by atoms with E-state index in [0.717, 1.165) is 11.6 Å². The van der Waals surface area contributed by atoms with Gasteiger partial charge in [0.2, 0.25) is 0 Å². The van der Waals surface area contributed by atoms with E-state index in [-0.39, 0.29) is 27.3 Å². The lowest BCUT2D eigenvalue weighted by Gasteiger charge is -2.23. The van der Waals surface area contributed by atoms with Gasteiger partial charge in [0, 0.05) is 25.2 Å². The Hall–Kier alpha value is -3.82. The molecule has 0 aromatic heterocycles. The molecule has 3 aromatic carbocycles. The Morgan fingerprint density at radius 3 is 2.41 bits per heavy atom. The Bertz CT molecular complexity index is 1240. The summed E-state index contributed by atoms with van der Waals surface area (Å²) in [5, 5.41) is 16.5. The van der Waals surface area contributed by atoms with Gasteiger partial charge in [-0.15, -0.1) is 0 Å². The molecule has 0 bridgehead atoms. The van der Waals surface area contributed by atoms with Gasteiger partial charge in [0.25, 0.3) is 17.5 Å². The van der Waals surface area contributed by atoms with E-state index < -0.39 is 10.8 Å². The molecule has 0 atom stereocenters. The summed E-state index contributed by atoms with van der Waals surface area (Å²) in [5.74, 6) is -0.915. The third-order valence-corrected chi connectivity index (χ3v) is 5.68. The van der Waals surface area contributed by atoms with Crippen LogP contribution in [0.15, 0.2) is 72.8 Å². The van der Waals surface area contributed by atoms with Crippen molar-refractivity contribution in [2.45, 2.75) is 6.42 Å². The van der Waals surface area contributed by atoms with Gasteiger partial charge in [-0.3, -0.25) is 25.0 Å². The number of rotatable bonds is 7. The summed E-state index contributed by atoms with van der Waals surface area (Å²) in [6.07, 6.45) is 0.687. The van der Waals surface area contributed by atoms with Crippen molar-refractivity contribution in [3.05, 3.63) is 105 Å². The fourth-order valence-corrected chi connectivity index (χ4v) is 3.55. The van der Waals surface area contributed by atoms with Crippen LogP contribution in [0.3, 0.4) is 0 Å². The summed E-state index contributed by atoms with van der Waals surface area (Å²) >= 11 is 11.1. The summed E-state index contributed by atoms with van der Waals surface area (Å²) in [7, 11) is 1.61. The van der Waals surface area contributed by atoms with Crippen molar-refractivity contribution >= 4 is 52.1 Å². The van der Waals surface area contributed by atoms with Crippen molar-refractivity contribution in [3.63, 3.8) is 0 Å². The normalized spacial score (nSPS) is 10.3. The number of hydrogen-bond donors (Lipinski definition) is 2. The van der Waals surface area contributed by atoms with Crippen molar-refractivity contribution in [2.24, 2.45) is 0 Å². The van der Waals surface area contributed by atoms with Crippen molar-refractivity contribution in [2.75, 3.05) is 18.5 Å². The highest BCUT2D eigenvalue weighted by Crippen LogP contribution is 2.25. The number of nitro groups is 1. The average molecular weight is 497 g/mol. The van der Waals surface area contributed by atoms with Crippen LogP contribution >= 0.6 is 23.8 Å². The van der Waals surface area contributed by atoms with Crippen LogP contribution in [0, 0.1) is 10.1 Å². The number of halogens is 1. The molecule has 0 fully saturated rings. The van der Waals surface area contributed by atoms with Gasteiger partial charge in [-0.1, -0.05) is 54.1 Å². The van der Waals surface area contributed by atoms with Gasteiger partial charge < -0.3 is 10.2 Å². The van der Waals surface area contributed by atoms with Crippen LogP contribution in [-0.4, -0.2) is 35.4 Å². The number of hydrogen-bond acceptors (Lipinski definition) is 5. The van der Waals surface area contributed by atoms with Gasteiger partial charge in [-0.2, -0.15) is 0 Å². The minimum absolute atomic E-state index is 0.0205. The molecule has 3 aromatic rings. The Labute approximate surface area is 206 Å². The van der Waals surface area contributed by atoms with Gasteiger partial charge in [0.05, 0.1) is 16.2 Å². The van der Waals surface area contributed by atoms with Crippen LogP contribution in [0.25, 0.3) is 0 Å². The number of nitrogens with one attached hydrogen (secondary N) is 2. The first-order chi connectivity index (χ1) is 16.3. The number of carbonyl (C=O) groups excluding carboxylic acids is 2. The Balaban J connectivity index is 1.68. The predicted octanol–water partition coefficient (Wildman–Crippen LogP) is 4.37. The van der Waals surface area contributed by atoms with Crippen LogP contribution in [0.2, 0.25) is 5.02 Å². The molecule has 0 aliphatic carbocycles. The number of para-hydroxylation sites is 1. The molecule has 2 N–H and O–H groups in total. The van der Waals surface area contributed by atoms with Crippen LogP contribution in [0.5, 0.6) is 0 Å². The molecule has 0 spiro atoms. The number of benzene rings is 3. The molecule has 0 radical (unpaired) electrons. The maximum absolute atomic E-state index is 12.8.